The Kier molecular flexibility index (Phi) is 6.36. The average molecular weight is 437 g/mol. The summed E-state index contributed by atoms with van der Waals surface area (Å²) in [6, 6.07) is 15.3. The molecule has 0 atom stereocenters. The van der Waals surface area contributed by atoms with Gasteiger partial charge in [-0.25, -0.2) is 0 Å². The number of rotatable bonds is 8. The molecule has 0 spiro atoms. The van der Waals surface area contributed by atoms with Gasteiger partial charge in [0.1, 0.15) is 0 Å². The molecule has 31 heavy (non-hydrogen) atoms. The van der Waals surface area contributed by atoms with E-state index in [1.54, 1.807) is 18.9 Å². The van der Waals surface area contributed by atoms with Crippen LogP contribution in [0, 0.1) is 6.92 Å². The Morgan fingerprint density at radius 1 is 1.16 bits per heavy atom. The Morgan fingerprint density at radius 2 is 1.90 bits per heavy atom. The van der Waals surface area contributed by atoms with E-state index in [9.17, 15) is 9.59 Å². The van der Waals surface area contributed by atoms with Crippen molar-refractivity contribution in [3.05, 3.63) is 76.9 Å². The molecule has 1 fully saturated rings. The highest BCUT2D eigenvalue weighted by atomic mass is 32.2. The maximum absolute atomic E-state index is 13.1. The minimum absolute atomic E-state index is 0.0405. The highest BCUT2D eigenvalue weighted by molar-refractivity contribution is 7.98. The lowest BCUT2D eigenvalue weighted by molar-refractivity contribution is 0.0781. The summed E-state index contributed by atoms with van der Waals surface area (Å²) in [7, 11) is 1.78. The van der Waals surface area contributed by atoms with Gasteiger partial charge < -0.3 is 14.7 Å². The molecule has 0 radical (unpaired) electrons. The molecule has 1 saturated carbocycles. The second-order valence-electron chi connectivity index (χ2n) is 7.62. The molecule has 8 heteroatoms. The van der Waals surface area contributed by atoms with Crippen molar-refractivity contribution in [2.45, 2.75) is 43.0 Å². The Balaban J connectivity index is 1.39. The molecule has 1 aliphatic carbocycles. The Hall–Kier alpha value is -3.13. The third-order valence-electron chi connectivity index (χ3n) is 4.94. The Morgan fingerprint density at radius 3 is 2.58 bits per heavy atom. The van der Waals surface area contributed by atoms with Crippen LogP contribution in [0.25, 0.3) is 0 Å². The van der Waals surface area contributed by atoms with Crippen molar-refractivity contribution in [2.75, 3.05) is 7.05 Å². The number of aryl methyl sites for hydroxylation is 1. The molecule has 2 aromatic carbocycles. The van der Waals surface area contributed by atoms with E-state index in [0.29, 0.717) is 41.2 Å². The van der Waals surface area contributed by atoms with Gasteiger partial charge >= 0.3 is 0 Å². The van der Waals surface area contributed by atoms with Gasteiger partial charge in [0, 0.05) is 37.0 Å². The van der Waals surface area contributed by atoms with Crippen molar-refractivity contribution in [1.29, 1.82) is 0 Å². The molecule has 0 unspecified atom stereocenters. The van der Waals surface area contributed by atoms with Crippen LogP contribution >= 0.6 is 11.8 Å². The van der Waals surface area contributed by atoms with Gasteiger partial charge in [-0.05, 0) is 42.7 Å². The van der Waals surface area contributed by atoms with Gasteiger partial charge in [0.05, 0.1) is 11.3 Å². The van der Waals surface area contributed by atoms with Crippen molar-refractivity contribution in [3.63, 3.8) is 0 Å². The van der Waals surface area contributed by atoms with Gasteiger partial charge in [-0.1, -0.05) is 29.4 Å². The van der Waals surface area contributed by atoms with Crippen LogP contribution in [0.5, 0.6) is 0 Å². The lowest BCUT2D eigenvalue weighted by Gasteiger charge is -2.19. The molecular formula is C23H24N4O3S. The minimum atomic E-state index is -0.0667. The fraction of sp³-hybridized carbons (Fsp3) is 0.304. The molecular weight excluding hydrogens is 412 g/mol. The van der Waals surface area contributed by atoms with Crippen LogP contribution in [-0.2, 0) is 12.3 Å². The van der Waals surface area contributed by atoms with Gasteiger partial charge in [-0.3, -0.25) is 9.59 Å². The number of nitrogens with one attached hydrogen (secondary N) is 1. The number of benzene rings is 2. The largest absolute Gasteiger partial charge is 0.349 e. The summed E-state index contributed by atoms with van der Waals surface area (Å²) in [5, 5.41) is 6.88. The molecule has 0 saturated heterocycles. The number of thioether (sulfide) groups is 1. The summed E-state index contributed by atoms with van der Waals surface area (Å²) in [6.45, 7) is 2.20. The van der Waals surface area contributed by atoms with E-state index in [-0.39, 0.29) is 11.8 Å². The van der Waals surface area contributed by atoms with Crippen molar-refractivity contribution in [1.82, 2.24) is 20.4 Å². The lowest BCUT2D eigenvalue weighted by Crippen LogP contribution is -2.27. The van der Waals surface area contributed by atoms with E-state index in [1.807, 2.05) is 48.5 Å². The molecule has 1 heterocycles. The smallest absolute Gasteiger partial charge is 0.255 e. The zero-order chi connectivity index (χ0) is 21.8. The highest BCUT2D eigenvalue weighted by Gasteiger charge is 2.23. The number of carbonyl (C=O) groups excluding carboxylic acids is 2. The molecule has 0 aliphatic heterocycles. The fourth-order valence-corrected chi connectivity index (χ4v) is 4.01. The molecule has 0 bridgehead atoms. The standard InChI is InChI=1S/C23H24N4O3S/c1-15-24-21(26-30-15)14-31-20-6-4-3-5-19(20)23(29)27(2)13-16-7-9-17(10-8-16)22(28)25-18-11-12-18/h3-10,18H,11-14H2,1-2H3,(H,25,28). The first-order valence-corrected chi connectivity index (χ1v) is 11.1. The van der Waals surface area contributed by atoms with Crippen LogP contribution in [0.4, 0.5) is 0 Å². The van der Waals surface area contributed by atoms with Gasteiger partial charge in [0.25, 0.3) is 11.8 Å². The maximum atomic E-state index is 13.1. The highest BCUT2D eigenvalue weighted by Crippen LogP contribution is 2.27. The molecule has 7 nitrogen and oxygen atoms in total. The number of amides is 2. The van der Waals surface area contributed by atoms with Crippen LogP contribution in [0.3, 0.4) is 0 Å². The van der Waals surface area contributed by atoms with E-state index in [2.05, 4.69) is 15.5 Å². The summed E-state index contributed by atoms with van der Waals surface area (Å²) in [5.74, 6) is 1.54. The fourth-order valence-electron chi connectivity index (χ4n) is 3.12. The van der Waals surface area contributed by atoms with E-state index < -0.39 is 0 Å². The first-order valence-electron chi connectivity index (χ1n) is 10.2. The van der Waals surface area contributed by atoms with Gasteiger partial charge in [0.15, 0.2) is 5.82 Å². The summed E-state index contributed by atoms with van der Waals surface area (Å²) in [5.41, 5.74) is 2.24. The van der Waals surface area contributed by atoms with E-state index in [4.69, 9.17) is 4.52 Å². The number of hydrogen-bond donors (Lipinski definition) is 1. The Labute approximate surface area is 185 Å². The maximum Gasteiger partial charge on any atom is 0.255 e. The third kappa shape index (κ3) is 5.52. The van der Waals surface area contributed by atoms with Crippen LogP contribution in [0.1, 0.15) is 50.8 Å². The zero-order valence-electron chi connectivity index (χ0n) is 17.5. The second-order valence-corrected chi connectivity index (χ2v) is 8.64. The predicted molar refractivity (Wildman–Crippen MR) is 118 cm³/mol. The van der Waals surface area contributed by atoms with Crippen LogP contribution < -0.4 is 5.32 Å². The first kappa shape index (κ1) is 21.1. The molecule has 1 N–H and O–H groups in total. The van der Waals surface area contributed by atoms with Gasteiger partial charge in [-0.2, -0.15) is 4.98 Å². The van der Waals surface area contributed by atoms with E-state index in [0.717, 1.165) is 23.3 Å². The SMILES string of the molecule is Cc1nc(CSc2ccccc2C(=O)N(C)Cc2ccc(C(=O)NC3CC3)cc2)no1. The summed E-state index contributed by atoms with van der Waals surface area (Å²) < 4.78 is 5.01. The number of carbonyl (C=O) groups is 2. The molecule has 1 aliphatic rings. The second kappa shape index (κ2) is 9.34. The number of nitrogens with zero attached hydrogens (tertiary/aromatic N) is 3. The number of aromatic nitrogens is 2. The quantitative estimate of drug-likeness (QED) is 0.540. The Bertz CT molecular complexity index is 1080. The summed E-state index contributed by atoms with van der Waals surface area (Å²) >= 11 is 1.50. The van der Waals surface area contributed by atoms with E-state index in [1.165, 1.54) is 11.8 Å². The normalized spacial score (nSPS) is 13.1. The van der Waals surface area contributed by atoms with Crippen molar-refractivity contribution in [2.24, 2.45) is 0 Å². The predicted octanol–water partition coefficient (Wildman–Crippen LogP) is 3.83. The van der Waals surface area contributed by atoms with Gasteiger partial charge in [0.2, 0.25) is 5.89 Å². The molecule has 1 aromatic heterocycles. The van der Waals surface area contributed by atoms with Crippen LogP contribution in [-0.4, -0.2) is 39.9 Å². The molecule has 4 rings (SSSR count). The summed E-state index contributed by atoms with van der Waals surface area (Å²) in [4.78, 5) is 32.0. The monoisotopic (exact) mass is 436 g/mol. The lowest BCUT2D eigenvalue weighted by atomic mass is 10.1. The average Bonchev–Trinajstić information content (AvgIpc) is 3.50. The zero-order valence-corrected chi connectivity index (χ0v) is 18.3. The molecule has 160 valence electrons. The molecule has 2 amide bonds. The van der Waals surface area contributed by atoms with Crippen molar-refractivity contribution >= 4 is 23.6 Å². The molecule has 3 aromatic rings. The van der Waals surface area contributed by atoms with Crippen LogP contribution in [0.15, 0.2) is 57.9 Å². The van der Waals surface area contributed by atoms with Gasteiger partial charge in [-0.15, -0.1) is 11.8 Å². The number of hydrogen-bond acceptors (Lipinski definition) is 6. The van der Waals surface area contributed by atoms with Crippen molar-refractivity contribution < 1.29 is 14.1 Å². The summed E-state index contributed by atoms with van der Waals surface area (Å²) in [6.07, 6.45) is 2.12. The van der Waals surface area contributed by atoms with Crippen LogP contribution in [0.2, 0.25) is 0 Å². The van der Waals surface area contributed by atoms with Crippen molar-refractivity contribution in [3.8, 4) is 0 Å². The minimum Gasteiger partial charge on any atom is -0.349 e. The first-order chi connectivity index (χ1) is 15.0. The topological polar surface area (TPSA) is 88.3 Å². The van der Waals surface area contributed by atoms with E-state index >= 15 is 0 Å². The third-order valence-corrected chi connectivity index (χ3v) is 6.01.